The highest BCUT2D eigenvalue weighted by Crippen LogP contribution is 2.38. The number of thiazole rings is 1. The molecule has 180 valence electrons. The third-order valence-electron chi connectivity index (χ3n) is 6.16. The third-order valence-corrected chi connectivity index (χ3v) is 9.30. The minimum Gasteiger partial charge on any atom is -0.345 e. The molecule has 3 aromatic rings. The summed E-state index contributed by atoms with van der Waals surface area (Å²) in [5.74, 6) is -1.87. The van der Waals surface area contributed by atoms with Crippen LogP contribution >= 0.6 is 11.3 Å². The van der Waals surface area contributed by atoms with Crippen LogP contribution in [-0.4, -0.2) is 29.7 Å². The van der Waals surface area contributed by atoms with Crippen molar-refractivity contribution in [2.75, 3.05) is 0 Å². The summed E-state index contributed by atoms with van der Waals surface area (Å²) in [6.45, 7) is 3.06. The van der Waals surface area contributed by atoms with Gasteiger partial charge in [-0.3, -0.25) is 9.78 Å². The Morgan fingerprint density at radius 2 is 1.94 bits per heavy atom. The number of aromatic nitrogens is 1. The molecule has 1 N–H and O–H groups in total. The highest BCUT2D eigenvalue weighted by molar-refractivity contribution is 7.89. The van der Waals surface area contributed by atoms with Gasteiger partial charge in [0.1, 0.15) is 21.8 Å². The minimum absolute atomic E-state index is 0.0178. The van der Waals surface area contributed by atoms with Crippen LogP contribution in [0.1, 0.15) is 64.3 Å². The number of amides is 1. The monoisotopic (exact) mass is 505 g/mol. The lowest BCUT2D eigenvalue weighted by molar-refractivity contribution is 0.0943. The van der Waals surface area contributed by atoms with E-state index in [0.29, 0.717) is 23.3 Å². The molecule has 0 aliphatic carbocycles. The Balaban J connectivity index is 1.56. The number of hydrogen-bond donors (Lipinski definition) is 1. The maximum atomic E-state index is 15.0. The summed E-state index contributed by atoms with van der Waals surface area (Å²) in [6, 6.07) is 9.85. The molecule has 1 saturated heterocycles. The number of carbonyl (C=O) groups is 1. The molecular weight excluding hydrogens is 480 g/mol. The van der Waals surface area contributed by atoms with Gasteiger partial charge in [-0.2, -0.15) is 4.31 Å². The zero-order valence-electron chi connectivity index (χ0n) is 18.7. The first-order valence-electron chi connectivity index (χ1n) is 10.9. The average Bonchev–Trinajstić information content (AvgIpc) is 3.34. The number of rotatable bonds is 6. The van der Waals surface area contributed by atoms with Crippen LogP contribution < -0.4 is 5.32 Å². The topological polar surface area (TPSA) is 79.4 Å². The van der Waals surface area contributed by atoms with Crippen molar-refractivity contribution in [1.82, 2.24) is 14.6 Å². The molecule has 1 aliphatic rings. The van der Waals surface area contributed by atoms with Crippen LogP contribution in [0.5, 0.6) is 0 Å². The first-order valence-corrected chi connectivity index (χ1v) is 13.3. The maximum absolute atomic E-state index is 15.0. The summed E-state index contributed by atoms with van der Waals surface area (Å²) < 4.78 is 58.1. The number of nitrogens with one attached hydrogen (secondary N) is 1. The molecule has 1 amide bonds. The lowest BCUT2D eigenvalue weighted by Gasteiger charge is -2.37. The second-order valence-corrected chi connectivity index (χ2v) is 11.4. The standard InChI is InChI=1S/C24H25F2N3O3S2/c1-15-8-9-23(17-6-4-3-5-7-17)34(31,32)29(15)13-18-10-21(26)19(11-20(18)25)16(2)28-24(30)22-12-27-14-33-22/h3-7,10-12,14-16,23H,8-9,13H2,1-2H3,(H,28,30)/t15-,16?,23+/m0/s1. The number of nitrogens with zero attached hydrogens (tertiary/aromatic N) is 2. The van der Waals surface area contributed by atoms with E-state index >= 15 is 4.39 Å². The third kappa shape index (κ3) is 4.89. The van der Waals surface area contributed by atoms with Crippen LogP contribution in [0.3, 0.4) is 0 Å². The molecule has 6 nitrogen and oxygen atoms in total. The summed E-state index contributed by atoms with van der Waals surface area (Å²) in [5, 5.41) is 1.91. The second-order valence-electron chi connectivity index (χ2n) is 8.44. The van der Waals surface area contributed by atoms with Crippen molar-refractivity contribution in [2.45, 2.75) is 50.6 Å². The van der Waals surface area contributed by atoms with E-state index in [1.807, 2.05) is 6.07 Å². The van der Waals surface area contributed by atoms with E-state index in [1.165, 1.54) is 16.0 Å². The zero-order valence-corrected chi connectivity index (χ0v) is 20.4. The smallest absolute Gasteiger partial charge is 0.263 e. The quantitative estimate of drug-likeness (QED) is 0.513. The Morgan fingerprint density at radius 1 is 1.21 bits per heavy atom. The molecule has 2 heterocycles. The Morgan fingerprint density at radius 3 is 2.62 bits per heavy atom. The second kappa shape index (κ2) is 9.89. The number of sulfonamides is 1. The molecule has 0 spiro atoms. The Labute approximate surface area is 201 Å². The number of benzene rings is 2. The molecule has 10 heteroatoms. The van der Waals surface area contributed by atoms with Gasteiger partial charge in [0.2, 0.25) is 10.0 Å². The van der Waals surface area contributed by atoms with Gasteiger partial charge in [-0.25, -0.2) is 17.2 Å². The lowest BCUT2D eigenvalue weighted by atomic mass is 10.0. The summed E-state index contributed by atoms with van der Waals surface area (Å²) in [4.78, 5) is 16.4. The van der Waals surface area contributed by atoms with Gasteiger partial charge in [0.25, 0.3) is 5.91 Å². The fourth-order valence-corrected chi connectivity index (χ4v) is 6.96. The highest BCUT2D eigenvalue weighted by atomic mass is 32.2. The van der Waals surface area contributed by atoms with Gasteiger partial charge in [-0.05, 0) is 44.4 Å². The van der Waals surface area contributed by atoms with E-state index in [0.717, 1.165) is 23.5 Å². The van der Waals surface area contributed by atoms with Crippen LogP contribution in [0.2, 0.25) is 0 Å². The predicted molar refractivity (Wildman–Crippen MR) is 127 cm³/mol. The van der Waals surface area contributed by atoms with Crippen LogP contribution in [0.25, 0.3) is 0 Å². The highest BCUT2D eigenvalue weighted by Gasteiger charge is 2.40. The molecule has 1 aliphatic heterocycles. The fraction of sp³-hybridized carbons (Fsp3) is 0.333. The summed E-state index contributed by atoms with van der Waals surface area (Å²) in [7, 11) is -3.78. The molecule has 34 heavy (non-hydrogen) atoms. The maximum Gasteiger partial charge on any atom is 0.263 e. The lowest BCUT2D eigenvalue weighted by Crippen LogP contribution is -2.44. The number of carbonyl (C=O) groups excluding carboxylic acids is 1. The molecule has 1 fully saturated rings. The molecule has 0 radical (unpaired) electrons. The Bertz CT molecular complexity index is 1270. The van der Waals surface area contributed by atoms with Crippen molar-refractivity contribution in [1.29, 1.82) is 0 Å². The van der Waals surface area contributed by atoms with Gasteiger partial charge in [0.05, 0.1) is 17.7 Å². The van der Waals surface area contributed by atoms with Gasteiger partial charge in [-0.15, -0.1) is 11.3 Å². The van der Waals surface area contributed by atoms with E-state index in [4.69, 9.17) is 0 Å². The molecule has 0 bridgehead atoms. The van der Waals surface area contributed by atoms with Crippen molar-refractivity contribution < 1.29 is 22.0 Å². The molecule has 3 atom stereocenters. The van der Waals surface area contributed by atoms with E-state index in [1.54, 1.807) is 38.1 Å². The number of halogens is 2. The van der Waals surface area contributed by atoms with Crippen molar-refractivity contribution in [2.24, 2.45) is 0 Å². The molecular formula is C24H25F2N3O3S2. The normalized spacial score (nSPS) is 21.2. The molecule has 4 rings (SSSR count). The first kappa shape index (κ1) is 24.4. The van der Waals surface area contributed by atoms with Gasteiger partial charge >= 0.3 is 0 Å². The molecule has 2 aromatic carbocycles. The van der Waals surface area contributed by atoms with Gasteiger partial charge in [0.15, 0.2) is 0 Å². The Kier molecular flexibility index (Phi) is 7.11. The predicted octanol–water partition coefficient (Wildman–Crippen LogP) is 4.97. The van der Waals surface area contributed by atoms with E-state index in [9.17, 15) is 17.6 Å². The van der Waals surface area contributed by atoms with Crippen molar-refractivity contribution in [3.63, 3.8) is 0 Å². The van der Waals surface area contributed by atoms with Gasteiger partial charge < -0.3 is 5.32 Å². The van der Waals surface area contributed by atoms with Crippen LogP contribution in [0.15, 0.2) is 54.2 Å². The van der Waals surface area contributed by atoms with Crippen LogP contribution in [0, 0.1) is 11.6 Å². The van der Waals surface area contributed by atoms with E-state index in [-0.39, 0.29) is 23.7 Å². The van der Waals surface area contributed by atoms with Gasteiger partial charge in [-0.1, -0.05) is 30.3 Å². The molecule has 1 aromatic heterocycles. The Hall–Kier alpha value is -2.69. The minimum atomic E-state index is -3.78. The fourth-order valence-electron chi connectivity index (χ4n) is 4.25. The number of hydrogen-bond acceptors (Lipinski definition) is 5. The van der Waals surface area contributed by atoms with E-state index < -0.39 is 38.9 Å². The van der Waals surface area contributed by atoms with Crippen LogP contribution in [-0.2, 0) is 16.6 Å². The molecule has 0 saturated carbocycles. The van der Waals surface area contributed by atoms with Gasteiger partial charge in [0, 0.05) is 23.7 Å². The largest absolute Gasteiger partial charge is 0.345 e. The SMILES string of the molecule is CC(NC(=O)c1cncs1)c1cc(F)c(CN2[C@@H](C)CC[C@H](c3ccccc3)S2(=O)=O)cc1F. The van der Waals surface area contributed by atoms with Crippen LogP contribution in [0.4, 0.5) is 8.78 Å². The van der Waals surface area contributed by atoms with Crippen molar-refractivity contribution in [3.8, 4) is 0 Å². The van der Waals surface area contributed by atoms with E-state index in [2.05, 4.69) is 10.3 Å². The summed E-state index contributed by atoms with van der Waals surface area (Å²) in [5.41, 5.74) is 2.13. The average molecular weight is 506 g/mol. The van der Waals surface area contributed by atoms with Crippen molar-refractivity contribution >= 4 is 27.3 Å². The summed E-state index contributed by atoms with van der Waals surface area (Å²) in [6.07, 6.45) is 2.48. The molecule has 1 unspecified atom stereocenters. The first-order chi connectivity index (χ1) is 16.2. The zero-order chi connectivity index (χ0) is 24.5. The van der Waals surface area contributed by atoms with Crippen molar-refractivity contribution in [3.05, 3.63) is 87.4 Å². The summed E-state index contributed by atoms with van der Waals surface area (Å²) >= 11 is 1.14.